The van der Waals surface area contributed by atoms with E-state index in [-0.39, 0.29) is 5.82 Å². The van der Waals surface area contributed by atoms with Crippen molar-refractivity contribution in [1.29, 1.82) is 0 Å². The van der Waals surface area contributed by atoms with Crippen molar-refractivity contribution in [3.63, 3.8) is 0 Å². The zero-order valence-electron chi connectivity index (χ0n) is 11.5. The van der Waals surface area contributed by atoms with Crippen molar-refractivity contribution in [1.82, 2.24) is 0 Å². The van der Waals surface area contributed by atoms with Crippen LogP contribution in [-0.2, 0) is 13.0 Å². The lowest BCUT2D eigenvalue weighted by Crippen LogP contribution is -2.21. The number of primary amides is 1. The van der Waals surface area contributed by atoms with Crippen LogP contribution in [0.15, 0.2) is 36.4 Å². The summed E-state index contributed by atoms with van der Waals surface area (Å²) in [4.78, 5) is 13.3. The number of hydrogen-bond donors (Lipinski definition) is 2. The molecule has 4 N–H and O–H groups in total. The van der Waals surface area contributed by atoms with Crippen LogP contribution in [0.4, 0.5) is 15.8 Å². The summed E-state index contributed by atoms with van der Waals surface area (Å²) in [6.45, 7) is 1.17. The SMILES string of the molecule is NC(=O)c1ccc(F)c(CN2CCc3c(N)cccc32)c1. The molecule has 2 aromatic rings. The van der Waals surface area contributed by atoms with Gasteiger partial charge in [-0.1, -0.05) is 6.07 Å². The molecule has 2 aromatic carbocycles. The first-order valence-corrected chi connectivity index (χ1v) is 6.77. The van der Waals surface area contributed by atoms with Crippen LogP contribution in [0.3, 0.4) is 0 Å². The highest BCUT2D eigenvalue weighted by molar-refractivity contribution is 5.92. The van der Waals surface area contributed by atoms with Gasteiger partial charge in [-0.25, -0.2) is 4.39 Å². The Hall–Kier alpha value is -2.56. The molecule has 0 spiro atoms. The molecule has 0 bridgehead atoms. The Labute approximate surface area is 122 Å². The standard InChI is InChI=1S/C16H16FN3O/c17-13-5-4-10(16(19)21)8-11(13)9-20-7-6-12-14(18)2-1-3-15(12)20/h1-5,8H,6-7,9,18H2,(H2,19,21). The van der Waals surface area contributed by atoms with Crippen LogP contribution in [-0.4, -0.2) is 12.5 Å². The molecule has 0 radical (unpaired) electrons. The molecule has 0 aliphatic carbocycles. The Kier molecular flexibility index (Phi) is 3.25. The molecule has 0 unspecified atom stereocenters. The zero-order chi connectivity index (χ0) is 15.0. The van der Waals surface area contributed by atoms with Gasteiger partial charge in [0.25, 0.3) is 0 Å². The van der Waals surface area contributed by atoms with Crippen LogP contribution < -0.4 is 16.4 Å². The first-order valence-electron chi connectivity index (χ1n) is 6.77. The molecule has 5 heteroatoms. The third-order valence-corrected chi connectivity index (χ3v) is 3.85. The van der Waals surface area contributed by atoms with E-state index in [9.17, 15) is 9.18 Å². The van der Waals surface area contributed by atoms with Gasteiger partial charge >= 0.3 is 0 Å². The number of halogens is 1. The minimum atomic E-state index is -0.553. The van der Waals surface area contributed by atoms with Crippen LogP contribution >= 0.6 is 0 Å². The molecule has 21 heavy (non-hydrogen) atoms. The van der Waals surface area contributed by atoms with E-state index in [1.165, 1.54) is 18.2 Å². The fourth-order valence-corrected chi connectivity index (χ4v) is 2.75. The number of anilines is 2. The number of nitrogens with two attached hydrogens (primary N) is 2. The molecule has 3 rings (SSSR count). The summed E-state index contributed by atoms with van der Waals surface area (Å²) in [5, 5.41) is 0. The van der Waals surface area contributed by atoms with Gasteiger partial charge in [0.15, 0.2) is 0 Å². The Bertz CT molecular complexity index is 715. The first-order chi connectivity index (χ1) is 10.1. The number of hydrogen-bond acceptors (Lipinski definition) is 3. The summed E-state index contributed by atoms with van der Waals surface area (Å²) in [6.07, 6.45) is 0.846. The minimum absolute atomic E-state index is 0.318. The highest BCUT2D eigenvalue weighted by Gasteiger charge is 2.22. The van der Waals surface area contributed by atoms with E-state index in [4.69, 9.17) is 11.5 Å². The second-order valence-electron chi connectivity index (χ2n) is 5.19. The Morgan fingerprint density at radius 1 is 1.29 bits per heavy atom. The average Bonchev–Trinajstić information content (AvgIpc) is 2.86. The summed E-state index contributed by atoms with van der Waals surface area (Å²) in [7, 11) is 0. The molecule has 1 aliphatic heterocycles. The van der Waals surface area contributed by atoms with Crippen molar-refractivity contribution >= 4 is 17.3 Å². The van der Waals surface area contributed by atoms with E-state index < -0.39 is 5.91 Å². The van der Waals surface area contributed by atoms with Gasteiger partial charge in [-0.05, 0) is 36.8 Å². The van der Waals surface area contributed by atoms with Gasteiger partial charge in [0.05, 0.1) is 0 Å². The first kappa shape index (κ1) is 13.4. The quantitative estimate of drug-likeness (QED) is 0.848. The van der Waals surface area contributed by atoms with Gasteiger partial charge < -0.3 is 16.4 Å². The van der Waals surface area contributed by atoms with Gasteiger partial charge in [-0.2, -0.15) is 0 Å². The Morgan fingerprint density at radius 3 is 2.86 bits per heavy atom. The zero-order valence-corrected chi connectivity index (χ0v) is 11.5. The van der Waals surface area contributed by atoms with Gasteiger partial charge in [0.2, 0.25) is 5.91 Å². The predicted molar refractivity (Wildman–Crippen MR) is 80.5 cm³/mol. The van der Waals surface area contributed by atoms with Crippen LogP contribution in [0.25, 0.3) is 0 Å². The number of fused-ring (bicyclic) bond motifs is 1. The molecule has 4 nitrogen and oxygen atoms in total. The van der Waals surface area contributed by atoms with E-state index in [1.54, 1.807) is 0 Å². The van der Waals surface area contributed by atoms with E-state index in [2.05, 4.69) is 4.90 Å². The number of amides is 1. The highest BCUT2D eigenvalue weighted by Crippen LogP contribution is 2.33. The molecule has 0 saturated heterocycles. The number of carbonyl (C=O) groups excluding carboxylic acids is 1. The minimum Gasteiger partial charge on any atom is -0.398 e. The van der Waals surface area contributed by atoms with Gasteiger partial charge in [-0.15, -0.1) is 0 Å². The van der Waals surface area contributed by atoms with Crippen molar-refractivity contribution in [2.24, 2.45) is 5.73 Å². The molecule has 1 amide bonds. The van der Waals surface area contributed by atoms with Crippen LogP contribution in [0.1, 0.15) is 21.5 Å². The summed E-state index contributed by atoms with van der Waals surface area (Å²) >= 11 is 0. The lowest BCUT2D eigenvalue weighted by atomic mass is 10.1. The molecule has 108 valence electrons. The maximum absolute atomic E-state index is 13.9. The van der Waals surface area contributed by atoms with Crippen molar-refractivity contribution in [2.75, 3.05) is 17.2 Å². The average molecular weight is 285 g/mol. The molecule has 0 saturated carbocycles. The fourth-order valence-electron chi connectivity index (χ4n) is 2.75. The largest absolute Gasteiger partial charge is 0.398 e. The van der Waals surface area contributed by atoms with Gasteiger partial charge in [0.1, 0.15) is 5.82 Å². The lowest BCUT2D eigenvalue weighted by Gasteiger charge is -2.20. The maximum atomic E-state index is 13.9. The smallest absolute Gasteiger partial charge is 0.248 e. The van der Waals surface area contributed by atoms with E-state index in [0.717, 1.165) is 29.9 Å². The van der Waals surface area contributed by atoms with E-state index >= 15 is 0 Å². The van der Waals surface area contributed by atoms with E-state index in [1.807, 2.05) is 18.2 Å². The van der Waals surface area contributed by atoms with Crippen LogP contribution in [0.5, 0.6) is 0 Å². The van der Waals surface area contributed by atoms with E-state index in [0.29, 0.717) is 17.7 Å². The molecule has 1 aliphatic rings. The van der Waals surface area contributed by atoms with Gasteiger partial charge in [-0.3, -0.25) is 4.79 Å². The van der Waals surface area contributed by atoms with Crippen LogP contribution in [0.2, 0.25) is 0 Å². The van der Waals surface area contributed by atoms with Crippen molar-refractivity contribution in [3.8, 4) is 0 Å². The number of nitrogens with zero attached hydrogens (tertiary/aromatic N) is 1. The fraction of sp³-hybridized carbons (Fsp3) is 0.188. The highest BCUT2D eigenvalue weighted by atomic mass is 19.1. The number of carbonyl (C=O) groups is 1. The Morgan fingerprint density at radius 2 is 2.10 bits per heavy atom. The van der Waals surface area contributed by atoms with Crippen molar-refractivity contribution < 1.29 is 9.18 Å². The number of benzene rings is 2. The van der Waals surface area contributed by atoms with Crippen molar-refractivity contribution in [2.45, 2.75) is 13.0 Å². The van der Waals surface area contributed by atoms with Gasteiger partial charge in [0, 0.05) is 41.2 Å². The summed E-state index contributed by atoms with van der Waals surface area (Å²) in [6, 6.07) is 9.94. The second-order valence-corrected chi connectivity index (χ2v) is 5.19. The molecular formula is C16H16FN3O. The topological polar surface area (TPSA) is 72.4 Å². The number of rotatable bonds is 3. The number of nitrogen functional groups attached to an aromatic ring is 1. The lowest BCUT2D eigenvalue weighted by molar-refractivity contribution is 0.1000. The molecule has 0 aromatic heterocycles. The third-order valence-electron chi connectivity index (χ3n) is 3.85. The molecule has 1 heterocycles. The normalized spacial score (nSPS) is 13.3. The molecule has 0 fully saturated rings. The maximum Gasteiger partial charge on any atom is 0.248 e. The second kappa shape index (κ2) is 5.09. The Balaban J connectivity index is 1.91. The third kappa shape index (κ3) is 2.42. The van der Waals surface area contributed by atoms with Crippen LogP contribution in [0, 0.1) is 5.82 Å². The summed E-state index contributed by atoms with van der Waals surface area (Å²) in [5.41, 5.74) is 14.9. The van der Waals surface area contributed by atoms with Crippen molar-refractivity contribution in [3.05, 3.63) is 58.9 Å². The summed E-state index contributed by atoms with van der Waals surface area (Å²) < 4.78 is 13.9. The molecular weight excluding hydrogens is 269 g/mol. The monoisotopic (exact) mass is 285 g/mol. The molecule has 0 atom stereocenters. The predicted octanol–water partition coefficient (Wildman–Crippen LogP) is 2.07. The summed E-state index contributed by atoms with van der Waals surface area (Å²) in [5.74, 6) is -0.889.